The van der Waals surface area contributed by atoms with Gasteiger partial charge in [0.1, 0.15) is 18.4 Å². The molecular weight excluding hydrogens is 238 g/mol. The van der Waals surface area contributed by atoms with Crippen LogP contribution in [0.5, 0.6) is 0 Å². The van der Waals surface area contributed by atoms with E-state index in [1.807, 2.05) is 0 Å². The predicted octanol–water partition coefficient (Wildman–Crippen LogP) is 1.29. The van der Waals surface area contributed by atoms with E-state index < -0.39 is 10.9 Å². The molecule has 96 valence electrons. The number of aromatic nitrogens is 1. The highest BCUT2D eigenvalue weighted by Crippen LogP contribution is 2.34. The molecule has 0 aromatic carbocycles. The molecule has 0 radical (unpaired) electrons. The van der Waals surface area contributed by atoms with E-state index in [9.17, 15) is 14.9 Å². The summed E-state index contributed by atoms with van der Waals surface area (Å²) in [6, 6.07) is 1.49. The third kappa shape index (κ3) is 2.93. The van der Waals surface area contributed by atoms with Gasteiger partial charge < -0.3 is 10.0 Å². The zero-order chi connectivity index (χ0) is 13.1. The van der Waals surface area contributed by atoms with Crippen molar-refractivity contribution in [3.8, 4) is 0 Å². The predicted molar refractivity (Wildman–Crippen MR) is 63.5 cm³/mol. The van der Waals surface area contributed by atoms with Gasteiger partial charge in [-0.25, -0.2) is 0 Å². The highest BCUT2D eigenvalue weighted by Gasteiger charge is 2.28. The van der Waals surface area contributed by atoms with Crippen molar-refractivity contribution in [2.75, 3.05) is 18.0 Å². The summed E-state index contributed by atoms with van der Waals surface area (Å²) >= 11 is 0. The molecule has 7 heteroatoms. The number of carboxylic acid groups (broad SMARTS) is 1. The average Bonchev–Trinajstić information content (AvgIpc) is 3.11. The fourth-order valence-electron chi connectivity index (χ4n) is 1.81. The number of hydrogen-bond donors (Lipinski definition) is 1. The molecule has 0 spiro atoms. The van der Waals surface area contributed by atoms with Gasteiger partial charge in [0.05, 0.1) is 4.92 Å². The summed E-state index contributed by atoms with van der Waals surface area (Å²) in [6.07, 6.45) is 4.69. The van der Waals surface area contributed by atoms with Gasteiger partial charge in [-0.1, -0.05) is 0 Å². The lowest BCUT2D eigenvalue weighted by Gasteiger charge is -2.22. The Morgan fingerprint density at radius 2 is 2.33 bits per heavy atom. The molecule has 0 saturated heterocycles. The van der Waals surface area contributed by atoms with Gasteiger partial charge in [0, 0.05) is 12.7 Å². The van der Waals surface area contributed by atoms with Gasteiger partial charge in [0.15, 0.2) is 0 Å². The Morgan fingerprint density at radius 3 is 2.89 bits per heavy atom. The molecule has 1 N–H and O–H groups in total. The summed E-state index contributed by atoms with van der Waals surface area (Å²) < 4.78 is 0. The number of rotatable bonds is 6. The molecule has 0 bridgehead atoms. The maximum absolute atomic E-state index is 10.9. The molecule has 1 aliphatic rings. The van der Waals surface area contributed by atoms with Gasteiger partial charge in [0.25, 0.3) is 0 Å². The van der Waals surface area contributed by atoms with Crippen molar-refractivity contribution >= 4 is 17.3 Å². The third-order valence-electron chi connectivity index (χ3n) is 2.82. The van der Waals surface area contributed by atoms with Crippen LogP contribution >= 0.6 is 0 Å². The van der Waals surface area contributed by atoms with Gasteiger partial charge in [-0.05, 0) is 24.8 Å². The largest absolute Gasteiger partial charge is 0.480 e. The highest BCUT2D eigenvalue weighted by molar-refractivity contribution is 5.76. The van der Waals surface area contributed by atoms with E-state index in [4.69, 9.17) is 5.11 Å². The summed E-state index contributed by atoms with van der Waals surface area (Å²) in [4.78, 5) is 26.5. The number of aliphatic carboxylic acids is 1. The monoisotopic (exact) mass is 251 g/mol. The van der Waals surface area contributed by atoms with E-state index in [0.29, 0.717) is 18.2 Å². The first kappa shape index (κ1) is 12.3. The van der Waals surface area contributed by atoms with Crippen molar-refractivity contribution < 1.29 is 14.8 Å². The van der Waals surface area contributed by atoms with Gasteiger partial charge >= 0.3 is 11.7 Å². The van der Waals surface area contributed by atoms with Crippen LogP contribution in [0, 0.1) is 16.0 Å². The van der Waals surface area contributed by atoms with Gasteiger partial charge in [-0.15, -0.1) is 0 Å². The van der Waals surface area contributed by atoms with Gasteiger partial charge in [-0.3, -0.25) is 19.9 Å². The van der Waals surface area contributed by atoms with E-state index >= 15 is 0 Å². The summed E-state index contributed by atoms with van der Waals surface area (Å²) in [7, 11) is 0. The number of nitro groups is 1. The Hall–Kier alpha value is -2.18. The second-order valence-electron chi connectivity index (χ2n) is 4.34. The Morgan fingerprint density at radius 1 is 1.61 bits per heavy atom. The highest BCUT2D eigenvalue weighted by atomic mass is 16.6. The molecule has 1 aromatic heterocycles. The van der Waals surface area contributed by atoms with Crippen molar-refractivity contribution in [3.05, 3.63) is 28.6 Å². The molecule has 0 amide bonds. The fraction of sp³-hybridized carbons (Fsp3) is 0.455. The second kappa shape index (κ2) is 4.99. The molecule has 1 aromatic rings. The SMILES string of the molecule is O=C(O)CN(CC1CC1)c1ccncc1[N+](=O)[O-]. The fourth-order valence-corrected chi connectivity index (χ4v) is 1.81. The summed E-state index contributed by atoms with van der Waals surface area (Å²) in [6.45, 7) is 0.304. The summed E-state index contributed by atoms with van der Waals surface area (Å²) in [5, 5.41) is 19.8. The van der Waals surface area contributed by atoms with Crippen molar-refractivity contribution in [3.63, 3.8) is 0 Å². The number of anilines is 1. The standard InChI is InChI=1S/C11H13N3O4/c15-11(16)7-13(6-8-1-2-8)9-3-4-12-5-10(9)14(17)18/h3-5,8H,1-2,6-7H2,(H,15,16). The minimum absolute atomic E-state index is 0.153. The number of pyridine rings is 1. The van der Waals surface area contributed by atoms with Crippen LogP contribution in [0.15, 0.2) is 18.5 Å². The minimum atomic E-state index is -0.998. The Labute approximate surface area is 103 Å². The first-order chi connectivity index (χ1) is 8.58. The van der Waals surface area contributed by atoms with E-state index in [2.05, 4.69) is 4.98 Å². The lowest BCUT2D eigenvalue weighted by Crippen LogP contribution is -2.32. The average molecular weight is 251 g/mol. The molecule has 7 nitrogen and oxygen atoms in total. The maximum Gasteiger partial charge on any atom is 0.323 e. The van der Waals surface area contributed by atoms with E-state index in [0.717, 1.165) is 19.0 Å². The van der Waals surface area contributed by atoms with Crippen LogP contribution in [0.2, 0.25) is 0 Å². The van der Waals surface area contributed by atoms with E-state index in [-0.39, 0.29) is 12.2 Å². The van der Waals surface area contributed by atoms with Crippen molar-refractivity contribution in [1.82, 2.24) is 4.98 Å². The van der Waals surface area contributed by atoms with Crippen LogP contribution < -0.4 is 4.90 Å². The number of nitrogens with zero attached hydrogens (tertiary/aromatic N) is 3. The van der Waals surface area contributed by atoms with Crippen LogP contribution in [0.25, 0.3) is 0 Å². The number of carboxylic acids is 1. The maximum atomic E-state index is 10.9. The van der Waals surface area contributed by atoms with Crippen molar-refractivity contribution in [2.24, 2.45) is 5.92 Å². The molecule has 2 rings (SSSR count). The molecular formula is C11H13N3O4. The zero-order valence-electron chi connectivity index (χ0n) is 9.65. The minimum Gasteiger partial charge on any atom is -0.480 e. The van der Waals surface area contributed by atoms with Gasteiger partial charge in [-0.2, -0.15) is 0 Å². The topological polar surface area (TPSA) is 96.6 Å². The van der Waals surface area contributed by atoms with Crippen molar-refractivity contribution in [2.45, 2.75) is 12.8 Å². The van der Waals surface area contributed by atoms with Crippen molar-refractivity contribution in [1.29, 1.82) is 0 Å². The third-order valence-corrected chi connectivity index (χ3v) is 2.82. The molecule has 0 aliphatic heterocycles. The first-order valence-corrected chi connectivity index (χ1v) is 5.63. The lowest BCUT2D eigenvalue weighted by molar-refractivity contribution is -0.384. The van der Waals surface area contributed by atoms with Gasteiger partial charge in [0.2, 0.25) is 0 Å². The molecule has 0 atom stereocenters. The van der Waals surface area contributed by atoms with Crippen LogP contribution in [0.1, 0.15) is 12.8 Å². The Bertz CT molecular complexity index is 473. The lowest BCUT2D eigenvalue weighted by atomic mass is 10.2. The molecule has 1 fully saturated rings. The number of hydrogen-bond acceptors (Lipinski definition) is 5. The summed E-state index contributed by atoms with van der Waals surface area (Å²) in [5.41, 5.74) is 0.170. The normalized spacial score (nSPS) is 14.2. The Balaban J connectivity index is 2.27. The zero-order valence-corrected chi connectivity index (χ0v) is 9.65. The Kier molecular flexibility index (Phi) is 3.40. The molecule has 0 unspecified atom stereocenters. The smallest absolute Gasteiger partial charge is 0.323 e. The first-order valence-electron chi connectivity index (χ1n) is 5.63. The van der Waals surface area contributed by atoms with E-state index in [1.165, 1.54) is 12.3 Å². The van der Waals surface area contributed by atoms with Crippen LogP contribution in [-0.4, -0.2) is 34.1 Å². The molecule has 18 heavy (non-hydrogen) atoms. The molecule has 1 heterocycles. The summed E-state index contributed by atoms with van der Waals surface area (Å²) in [5.74, 6) is -0.557. The quantitative estimate of drug-likeness (QED) is 0.604. The van der Waals surface area contributed by atoms with E-state index in [1.54, 1.807) is 4.90 Å². The van der Waals surface area contributed by atoms with Crippen LogP contribution in [0.4, 0.5) is 11.4 Å². The van der Waals surface area contributed by atoms with Crippen LogP contribution in [0.3, 0.4) is 0 Å². The molecule has 1 aliphatic carbocycles. The van der Waals surface area contributed by atoms with Crippen LogP contribution in [-0.2, 0) is 4.79 Å². The number of carbonyl (C=O) groups is 1. The molecule has 1 saturated carbocycles. The second-order valence-corrected chi connectivity index (χ2v) is 4.34.